The summed E-state index contributed by atoms with van der Waals surface area (Å²) < 4.78 is 0. The zero-order valence-electron chi connectivity index (χ0n) is 5.93. The number of nitrogens with zero attached hydrogens (tertiary/aromatic N) is 1. The van der Waals surface area contributed by atoms with Gasteiger partial charge in [-0.3, -0.25) is 0 Å². The van der Waals surface area contributed by atoms with E-state index in [9.17, 15) is 0 Å². The lowest BCUT2D eigenvalue weighted by Gasteiger charge is -2.01. The Morgan fingerprint density at radius 3 is 2.73 bits per heavy atom. The van der Waals surface area contributed by atoms with Crippen LogP contribution in [0.25, 0.3) is 0 Å². The van der Waals surface area contributed by atoms with Gasteiger partial charge < -0.3 is 5.11 Å². The van der Waals surface area contributed by atoms with Gasteiger partial charge in [-0.25, -0.2) is 4.98 Å². The summed E-state index contributed by atoms with van der Waals surface area (Å²) in [7, 11) is 0. The standard InChI is InChI=1S/C7H7Cl2NO/c1-2-5-4(8)3-6(11)7(9)10-5/h3,11H,2H2,1H3. The number of hydrogen-bond donors (Lipinski definition) is 1. The first kappa shape index (κ1) is 8.62. The first-order chi connectivity index (χ1) is 5.15. The molecule has 60 valence electrons. The van der Waals surface area contributed by atoms with Crippen molar-refractivity contribution in [1.82, 2.24) is 4.98 Å². The number of rotatable bonds is 1. The van der Waals surface area contributed by atoms with Gasteiger partial charge in [-0.2, -0.15) is 0 Å². The van der Waals surface area contributed by atoms with E-state index in [2.05, 4.69) is 4.98 Å². The number of pyridine rings is 1. The Bertz CT molecular complexity index is 275. The van der Waals surface area contributed by atoms with Crippen LogP contribution in [0.1, 0.15) is 12.6 Å². The van der Waals surface area contributed by atoms with Crippen molar-refractivity contribution in [2.75, 3.05) is 0 Å². The highest BCUT2D eigenvalue weighted by molar-refractivity contribution is 6.33. The Morgan fingerprint density at radius 2 is 2.18 bits per heavy atom. The summed E-state index contributed by atoms with van der Waals surface area (Å²) in [4.78, 5) is 3.87. The molecule has 4 heteroatoms. The Kier molecular flexibility index (Phi) is 2.58. The molecule has 0 atom stereocenters. The lowest BCUT2D eigenvalue weighted by molar-refractivity contribution is 0.472. The van der Waals surface area contributed by atoms with Crippen LogP contribution in [0.3, 0.4) is 0 Å². The highest BCUT2D eigenvalue weighted by atomic mass is 35.5. The fraction of sp³-hybridized carbons (Fsp3) is 0.286. The van der Waals surface area contributed by atoms with Gasteiger partial charge in [0.25, 0.3) is 0 Å². The third-order valence-corrected chi connectivity index (χ3v) is 1.92. The van der Waals surface area contributed by atoms with Crippen LogP contribution in [-0.2, 0) is 6.42 Å². The van der Waals surface area contributed by atoms with E-state index in [-0.39, 0.29) is 10.9 Å². The molecule has 0 amide bonds. The minimum absolute atomic E-state index is 0.0751. The molecular weight excluding hydrogens is 185 g/mol. The molecule has 0 saturated heterocycles. The molecule has 1 aromatic heterocycles. The minimum atomic E-state index is -0.0751. The minimum Gasteiger partial charge on any atom is -0.505 e. The third-order valence-electron chi connectivity index (χ3n) is 1.32. The summed E-state index contributed by atoms with van der Waals surface area (Å²) >= 11 is 11.3. The van der Waals surface area contributed by atoms with E-state index in [1.807, 2.05) is 6.92 Å². The maximum absolute atomic E-state index is 9.04. The molecule has 1 rings (SSSR count). The molecule has 0 aliphatic carbocycles. The first-order valence-corrected chi connectivity index (χ1v) is 3.94. The van der Waals surface area contributed by atoms with Crippen molar-refractivity contribution in [3.63, 3.8) is 0 Å². The zero-order chi connectivity index (χ0) is 8.43. The molecule has 0 aliphatic heterocycles. The van der Waals surface area contributed by atoms with Crippen LogP contribution in [0.15, 0.2) is 6.07 Å². The average molecular weight is 192 g/mol. The Hall–Kier alpha value is -0.470. The number of halogens is 2. The predicted molar refractivity (Wildman–Crippen MR) is 45.3 cm³/mol. The second-order valence-electron chi connectivity index (χ2n) is 2.08. The first-order valence-electron chi connectivity index (χ1n) is 3.19. The van der Waals surface area contributed by atoms with Gasteiger partial charge in [-0.1, -0.05) is 30.1 Å². The monoisotopic (exact) mass is 191 g/mol. The molecule has 0 saturated carbocycles. The molecule has 11 heavy (non-hydrogen) atoms. The van der Waals surface area contributed by atoms with Gasteiger partial charge in [0.15, 0.2) is 10.9 Å². The van der Waals surface area contributed by atoms with E-state index in [0.29, 0.717) is 17.1 Å². The van der Waals surface area contributed by atoms with Crippen LogP contribution in [0.5, 0.6) is 5.75 Å². The number of aromatic nitrogens is 1. The summed E-state index contributed by atoms with van der Waals surface area (Å²) in [5.74, 6) is -0.0751. The summed E-state index contributed by atoms with van der Waals surface area (Å²) in [5.41, 5.74) is 0.703. The zero-order valence-corrected chi connectivity index (χ0v) is 7.45. The Balaban J connectivity index is 3.21. The molecule has 0 aliphatic rings. The van der Waals surface area contributed by atoms with Crippen LogP contribution >= 0.6 is 23.2 Å². The van der Waals surface area contributed by atoms with Crippen LogP contribution in [-0.4, -0.2) is 10.1 Å². The summed E-state index contributed by atoms with van der Waals surface area (Å²) in [6.45, 7) is 1.92. The Morgan fingerprint density at radius 1 is 1.55 bits per heavy atom. The average Bonchev–Trinajstić information content (AvgIpc) is 1.97. The molecule has 1 N–H and O–H groups in total. The second kappa shape index (κ2) is 3.28. The van der Waals surface area contributed by atoms with E-state index < -0.39 is 0 Å². The van der Waals surface area contributed by atoms with Gasteiger partial charge in [0, 0.05) is 6.07 Å². The van der Waals surface area contributed by atoms with Crippen molar-refractivity contribution in [2.24, 2.45) is 0 Å². The van der Waals surface area contributed by atoms with Crippen LogP contribution in [0.4, 0.5) is 0 Å². The van der Waals surface area contributed by atoms with Gasteiger partial charge in [-0.05, 0) is 6.42 Å². The molecule has 2 nitrogen and oxygen atoms in total. The van der Waals surface area contributed by atoms with Gasteiger partial charge in [0.2, 0.25) is 0 Å². The van der Waals surface area contributed by atoms with Crippen LogP contribution in [0.2, 0.25) is 10.2 Å². The molecule has 0 radical (unpaired) electrons. The Labute approximate surface area is 74.8 Å². The van der Waals surface area contributed by atoms with E-state index in [0.717, 1.165) is 0 Å². The predicted octanol–water partition coefficient (Wildman–Crippen LogP) is 2.66. The van der Waals surface area contributed by atoms with Crippen molar-refractivity contribution in [1.29, 1.82) is 0 Å². The second-order valence-corrected chi connectivity index (χ2v) is 2.85. The molecular formula is C7H7Cl2NO. The quantitative estimate of drug-likeness (QED) is 0.693. The molecule has 0 fully saturated rings. The fourth-order valence-electron chi connectivity index (χ4n) is 0.740. The third kappa shape index (κ3) is 1.76. The maximum atomic E-state index is 9.04. The van der Waals surface area contributed by atoms with Crippen molar-refractivity contribution < 1.29 is 5.11 Å². The van der Waals surface area contributed by atoms with Crippen LogP contribution in [0, 0.1) is 0 Å². The van der Waals surface area contributed by atoms with Gasteiger partial charge >= 0.3 is 0 Å². The SMILES string of the molecule is CCc1nc(Cl)c(O)cc1Cl. The molecule has 0 spiro atoms. The van der Waals surface area contributed by atoms with Crippen LogP contribution < -0.4 is 0 Å². The molecule has 0 unspecified atom stereocenters. The van der Waals surface area contributed by atoms with Gasteiger partial charge in [-0.15, -0.1) is 0 Å². The number of hydrogen-bond acceptors (Lipinski definition) is 2. The molecule has 1 aromatic rings. The van der Waals surface area contributed by atoms with Gasteiger partial charge in [0.05, 0.1) is 10.7 Å². The maximum Gasteiger partial charge on any atom is 0.171 e. The number of aromatic hydroxyl groups is 1. The normalized spacial score (nSPS) is 10.1. The van der Waals surface area contributed by atoms with E-state index in [1.165, 1.54) is 6.07 Å². The van der Waals surface area contributed by atoms with Crippen molar-refractivity contribution in [3.05, 3.63) is 21.9 Å². The smallest absolute Gasteiger partial charge is 0.171 e. The number of aryl methyl sites for hydroxylation is 1. The topological polar surface area (TPSA) is 33.1 Å². The van der Waals surface area contributed by atoms with Crippen molar-refractivity contribution in [2.45, 2.75) is 13.3 Å². The lowest BCUT2D eigenvalue weighted by atomic mass is 10.3. The lowest BCUT2D eigenvalue weighted by Crippen LogP contribution is -1.88. The molecule has 0 aromatic carbocycles. The highest BCUT2D eigenvalue weighted by Gasteiger charge is 2.05. The van der Waals surface area contributed by atoms with E-state index in [4.69, 9.17) is 28.3 Å². The fourth-order valence-corrected chi connectivity index (χ4v) is 1.18. The summed E-state index contributed by atoms with van der Waals surface area (Å²) in [5, 5.41) is 9.60. The molecule has 1 heterocycles. The van der Waals surface area contributed by atoms with E-state index in [1.54, 1.807) is 0 Å². The van der Waals surface area contributed by atoms with E-state index >= 15 is 0 Å². The largest absolute Gasteiger partial charge is 0.505 e. The summed E-state index contributed by atoms with van der Waals surface area (Å²) in [6, 6.07) is 1.40. The van der Waals surface area contributed by atoms with Gasteiger partial charge in [0.1, 0.15) is 0 Å². The van der Waals surface area contributed by atoms with Crippen molar-refractivity contribution >= 4 is 23.2 Å². The molecule has 0 bridgehead atoms. The van der Waals surface area contributed by atoms with Crippen molar-refractivity contribution in [3.8, 4) is 5.75 Å². The highest BCUT2D eigenvalue weighted by Crippen LogP contribution is 2.26. The summed E-state index contributed by atoms with van der Waals surface area (Å²) in [6.07, 6.45) is 0.707.